The zero-order chi connectivity index (χ0) is 25.0. The van der Waals surface area contributed by atoms with Crippen LogP contribution in [0.2, 0.25) is 0 Å². The van der Waals surface area contributed by atoms with Crippen molar-refractivity contribution in [3.63, 3.8) is 0 Å². The molecule has 0 saturated carbocycles. The van der Waals surface area contributed by atoms with Gasteiger partial charge in [-0.3, -0.25) is 0 Å². The van der Waals surface area contributed by atoms with Crippen molar-refractivity contribution in [2.45, 2.75) is 6.92 Å². The first-order chi connectivity index (χ1) is 17.8. The molecule has 0 fully saturated rings. The Balaban J connectivity index is 0.000000210. The third-order valence-corrected chi connectivity index (χ3v) is 8.17. The molecule has 0 unspecified atom stereocenters. The van der Waals surface area contributed by atoms with Gasteiger partial charge in [-0.15, -0.1) is 70.0 Å². The maximum Gasteiger partial charge on any atom is 2.00 e. The van der Waals surface area contributed by atoms with Gasteiger partial charge in [-0.2, -0.15) is 23.6 Å². The van der Waals surface area contributed by atoms with E-state index in [1.807, 2.05) is 19.1 Å². The van der Waals surface area contributed by atoms with E-state index >= 15 is 0 Å². The quantitative estimate of drug-likeness (QED) is 0.113. The predicted molar refractivity (Wildman–Crippen MR) is 163 cm³/mol. The van der Waals surface area contributed by atoms with E-state index in [1.165, 1.54) is 37.5 Å². The van der Waals surface area contributed by atoms with Crippen LogP contribution >= 0.6 is 7.92 Å². The molecule has 2 heteroatoms. The molecule has 0 aliphatic carbocycles. The zero-order valence-corrected chi connectivity index (χ0v) is 24.5. The van der Waals surface area contributed by atoms with Crippen LogP contribution in [0.15, 0.2) is 164 Å². The van der Waals surface area contributed by atoms with Crippen molar-refractivity contribution in [1.29, 1.82) is 0 Å². The summed E-state index contributed by atoms with van der Waals surface area (Å²) in [6, 6.07) is 49.7. The molecular weight excluding hydrogens is 543 g/mol. The molecule has 6 aromatic carbocycles. The van der Waals surface area contributed by atoms with Gasteiger partial charge in [-0.25, -0.2) is 0 Å². The van der Waals surface area contributed by atoms with E-state index in [2.05, 4.69) is 146 Å². The van der Waals surface area contributed by atoms with Gasteiger partial charge in [0.25, 0.3) is 0 Å². The van der Waals surface area contributed by atoms with Crippen molar-refractivity contribution in [1.82, 2.24) is 0 Å². The molecule has 180 valence electrons. The van der Waals surface area contributed by atoms with E-state index in [0.717, 1.165) is 0 Å². The third-order valence-electron chi connectivity index (χ3n) is 5.77. The van der Waals surface area contributed by atoms with E-state index in [-0.39, 0.29) is 26.2 Å². The molecule has 0 aliphatic rings. The van der Waals surface area contributed by atoms with E-state index in [4.69, 9.17) is 0 Å². The van der Waals surface area contributed by atoms with Gasteiger partial charge in [0.15, 0.2) is 0 Å². The molecule has 0 nitrogen and oxygen atoms in total. The Kier molecular flexibility index (Phi) is 11.7. The molecule has 0 heterocycles. The predicted octanol–water partition coefficient (Wildman–Crippen LogP) is 8.62. The Morgan fingerprint density at radius 2 is 1.19 bits per heavy atom. The SMILES string of the molecule is C=CC=CC.[Zr+2].c1ccc(P(c2ccccc2)c2cc3ccccc3[cH-]2)cc1.c1ccc2[cH-]ccc2c1. The number of hydrogen-bond donors (Lipinski definition) is 0. The van der Waals surface area contributed by atoms with Crippen LogP contribution in [0.3, 0.4) is 0 Å². The van der Waals surface area contributed by atoms with Crippen LogP contribution in [0, 0.1) is 0 Å². The fourth-order valence-electron chi connectivity index (χ4n) is 4.07. The van der Waals surface area contributed by atoms with E-state index in [0.29, 0.717) is 0 Å². The minimum absolute atomic E-state index is 0. The van der Waals surface area contributed by atoms with Gasteiger partial charge in [0.2, 0.25) is 0 Å². The van der Waals surface area contributed by atoms with E-state index in [1.54, 1.807) is 6.08 Å². The minimum atomic E-state index is -0.493. The number of allylic oxidation sites excluding steroid dienone is 3. The molecule has 0 atom stereocenters. The smallest absolute Gasteiger partial charge is 0.168 e. The van der Waals surface area contributed by atoms with Gasteiger partial charge < -0.3 is 0 Å². The van der Waals surface area contributed by atoms with E-state index < -0.39 is 7.92 Å². The van der Waals surface area contributed by atoms with Crippen molar-refractivity contribution in [2.75, 3.05) is 0 Å². The Labute approximate surface area is 241 Å². The summed E-state index contributed by atoms with van der Waals surface area (Å²) < 4.78 is 0. The Morgan fingerprint density at radius 1 is 0.649 bits per heavy atom. The molecule has 0 amide bonds. The van der Waals surface area contributed by atoms with Crippen LogP contribution in [0.5, 0.6) is 0 Å². The van der Waals surface area contributed by atoms with Gasteiger partial charge in [0.05, 0.1) is 0 Å². The van der Waals surface area contributed by atoms with Gasteiger partial charge >= 0.3 is 26.2 Å². The normalized spacial score (nSPS) is 10.3. The summed E-state index contributed by atoms with van der Waals surface area (Å²) in [5.74, 6) is 0. The first kappa shape index (κ1) is 28.5. The maximum absolute atomic E-state index is 3.46. The molecule has 0 N–H and O–H groups in total. The van der Waals surface area contributed by atoms with Crippen molar-refractivity contribution >= 4 is 45.4 Å². The Hall–Kier alpha value is -3.11. The first-order valence-electron chi connectivity index (χ1n) is 12.2. The second kappa shape index (κ2) is 15.2. The fraction of sp³-hybridized carbons (Fsp3) is 0.0286. The summed E-state index contributed by atoms with van der Waals surface area (Å²) in [4.78, 5) is 0. The monoisotopic (exact) mass is 572 g/mol. The summed E-state index contributed by atoms with van der Waals surface area (Å²) in [7, 11) is -0.493. The summed E-state index contributed by atoms with van der Waals surface area (Å²) in [5.41, 5.74) is 0. The number of fused-ring (bicyclic) bond motifs is 2. The molecule has 0 saturated heterocycles. The van der Waals surface area contributed by atoms with Crippen molar-refractivity contribution in [3.8, 4) is 0 Å². The zero-order valence-electron chi connectivity index (χ0n) is 21.2. The summed E-state index contributed by atoms with van der Waals surface area (Å²) in [6.45, 7) is 5.42. The molecule has 0 spiro atoms. The van der Waals surface area contributed by atoms with Gasteiger partial charge in [0.1, 0.15) is 0 Å². The standard InChI is InChI=1S/C21H16P.C9H7.C5H8.Zr/c1-3-11-19(12-4-1)22(20-13-5-2-6-14-20)21-15-17-9-7-8-10-18(17)16-21;1-2-5-9-7-3-6-8(9)4-1;1-3-5-4-2;/h1-16H;1-7H;3-5H,1H2,2H3;/q2*-1;;+2. The molecule has 0 bridgehead atoms. The molecule has 0 aromatic heterocycles. The van der Waals surface area contributed by atoms with Gasteiger partial charge in [-0.05, 0) is 25.5 Å². The molecule has 37 heavy (non-hydrogen) atoms. The van der Waals surface area contributed by atoms with Crippen LogP contribution in [0.1, 0.15) is 6.92 Å². The summed E-state index contributed by atoms with van der Waals surface area (Å²) in [5, 5.41) is 9.55. The maximum atomic E-state index is 3.46. The second-order valence-corrected chi connectivity index (χ2v) is 10.5. The molecule has 6 aromatic rings. The minimum Gasteiger partial charge on any atom is -0.168 e. The Bertz CT molecular complexity index is 1400. The van der Waals surface area contributed by atoms with Crippen molar-refractivity contribution in [2.24, 2.45) is 0 Å². The van der Waals surface area contributed by atoms with E-state index in [9.17, 15) is 0 Å². The number of rotatable bonds is 4. The molecule has 0 aliphatic heterocycles. The molecule has 0 radical (unpaired) electrons. The van der Waals surface area contributed by atoms with Crippen molar-refractivity contribution < 1.29 is 26.2 Å². The van der Waals surface area contributed by atoms with Crippen LogP contribution in [0.4, 0.5) is 0 Å². The van der Waals surface area contributed by atoms with Crippen LogP contribution in [0.25, 0.3) is 21.5 Å². The summed E-state index contributed by atoms with van der Waals surface area (Å²) >= 11 is 0. The van der Waals surface area contributed by atoms with Crippen LogP contribution in [-0.2, 0) is 26.2 Å². The fourth-order valence-corrected chi connectivity index (χ4v) is 6.44. The molecular formula is C35H31PZr. The van der Waals surface area contributed by atoms with Gasteiger partial charge in [0, 0.05) is 0 Å². The molecule has 6 rings (SSSR count). The van der Waals surface area contributed by atoms with Crippen LogP contribution in [-0.4, -0.2) is 0 Å². The average molecular weight is 574 g/mol. The number of hydrogen-bond acceptors (Lipinski definition) is 0. The Morgan fingerprint density at radius 3 is 1.70 bits per heavy atom. The van der Waals surface area contributed by atoms with Crippen molar-refractivity contribution in [3.05, 3.63) is 164 Å². The third kappa shape index (κ3) is 7.94. The second-order valence-electron chi connectivity index (χ2n) is 8.27. The first-order valence-corrected chi connectivity index (χ1v) is 13.5. The van der Waals surface area contributed by atoms with Crippen LogP contribution < -0.4 is 15.9 Å². The topological polar surface area (TPSA) is 0 Å². The number of benzene rings is 4. The summed E-state index contributed by atoms with van der Waals surface area (Å²) in [6.07, 6.45) is 5.58. The average Bonchev–Trinajstić information content (AvgIpc) is 3.58. The largest absolute Gasteiger partial charge is 2.00 e. The van der Waals surface area contributed by atoms with Gasteiger partial charge in [-0.1, -0.05) is 97.6 Å².